The molecule has 1 aliphatic rings. The fourth-order valence-electron chi connectivity index (χ4n) is 2.16. The van der Waals surface area contributed by atoms with Gasteiger partial charge in [-0.15, -0.1) is 0 Å². The van der Waals surface area contributed by atoms with Crippen LogP contribution in [0.3, 0.4) is 0 Å². The summed E-state index contributed by atoms with van der Waals surface area (Å²) < 4.78 is 0. The van der Waals surface area contributed by atoms with Crippen LogP contribution in [0.2, 0.25) is 5.02 Å². The van der Waals surface area contributed by atoms with E-state index in [1.165, 1.54) is 12.3 Å². The largest absolute Gasteiger partial charge is 0.360 e. The van der Waals surface area contributed by atoms with Crippen LogP contribution in [0.25, 0.3) is 0 Å². The molecule has 1 aromatic heterocycles. The third-order valence-electron chi connectivity index (χ3n) is 3.00. The zero-order valence-corrected chi connectivity index (χ0v) is 10.9. The van der Waals surface area contributed by atoms with E-state index in [4.69, 9.17) is 11.6 Å². The van der Waals surface area contributed by atoms with Gasteiger partial charge in [0, 0.05) is 24.8 Å². The highest BCUT2D eigenvalue weighted by Gasteiger charge is 2.22. The van der Waals surface area contributed by atoms with Gasteiger partial charge in [0.05, 0.1) is 9.95 Å². The Balaban J connectivity index is 2.15. The molecule has 7 heteroatoms. The molecule has 2 heterocycles. The minimum atomic E-state index is -0.465. The first-order valence-electron chi connectivity index (χ1n) is 5.81. The summed E-state index contributed by atoms with van der Waals surface area (Å²) >= 11 is 5.72. The molecule has 98 valence electrons. The Morgan fingerprint density at radius 1 is 1.67 bits per heavy atom. The average molecular weight is 271 g/mol. The Morgan fingerprint density at radius 3 is 3.11 bits per heavy atom. The van der Waals surface area contributed by atoms with Crippen LogP contribution in [0, 0.1) is 10.1 Å². The van der Waals surface area contributed by atoms with Gasteiger partial charge >= 0.3 is 5.69 Å². The molecule has 2 rings (SSSR count). The van der Waals surface area contributed by atoms with Gasteiger partial charge in [0.25, 0.3) is 0 Å². The third-order valence-corrected chi connectivity index (χ3v) is 3.20. The van der Waals surface area contributed by atoms with Crippen molar-refractivity contribution in [3.63, 3.8) is 0 Å². The van der Waals surface area contributed by atoms with E-state index in [9.17, 15) is 10.1 Å². The molecule has 0 radical (unpaired) electrons. The number of hydrogen-bond donors (Lipinski definition) is 1. The van der Waals surface area contributed by atoms with Gasteiger partial charge in [-0.3, -0.25) is 10.1 Å². The predicted octanol–water partition coefficient (Wildman–Crippen LogP) is 2.15. The van der Waals surface area contributed by atoms with Crippen molar-refractivity contribution in [1.29, 1.82) is 0 Å². The van der Waals surface area contributed by atoms with E-state index in [1.807, 2.05) is 7.05 Å². The van der Waals surface area contributed by atoms with Gasteiger partial charge in [-0.05, 0) is 26.4 Å². The fourth-order valence-corrected chi connectivity index (χ4v) is 2.31. The normalized spacial score (nSPS) is 20.7. The maximum absolute atomic E-state index is 10.9. The monoisotopic (exact) mass is 270 g/mol. The van der Waals surface area contributed by atoms with Crippen LogP contribution >= 0.6 is 11.6 Å². The number of halogens is 1. The maximum Gasteiger partial charge on any atom is 0.312 e. The Labute approximate surface area is 110 Å². The quantitative estimate of drug-likeness (QED) is 0.673. The molecule has 0 aliphatic carbocycles. The number of nitrogens with zero attached hydrogens (tertiary/aromatic N) is 3. The van der Waals surface area contributed by atoms with Crippen LogP contribution in [0.1, 0.15) is 12.8 Å². The zero-order valence-electron chi connectivity index (χ0n) is 10.1. The van der Waals surface area contributed by atoms with Gasteiger partial charge in [0.15, 0.2) is 0 Å². The molecule has 1 atom stereocenters. The minimum Gasteiger partial charge on any atom is -0.360 e. The molecule has 0 aromatic carbocycles. The number of likely N-dealkylation sites (tertiary alicyclic amines) is 1. The van der Waals surface area contributed by atoms with Crippen molar-refractivity contribution in [3.8, 4) is 0 Å². The van der Waals surface area contributed by atoms with E-state index in [2.05, 4.69) is 15.2 Å². The molecule has 1 saturated heterocycles. The number of rotatable bonds is 3. The number of nitrogens with one attached hydrogen (secondary N) is 1. The van der Waals surface area contributed by atoms with Crippen LogP contribution in [0.15, 0.2) is 12.3 Å². The average Bonchev–Trinajstić information content (AvgIpc) is 2.31. The van der Waals surface area contributed by atoms with Crippen molar-refractivity contribution < 1.29 is 4.92 Å². The first kappa shape index (κ1) is 13.0. The molecule has 1 aliphatic heterocycles. The van der Waals surface area contributed by atoms with Gasteiger partial charge < -0.3 is 10.2 Å². The van der Waals surface area contributed by atoms with Crippen molar-refractivity contribution in [1.82, 2.24) is 9.88 Å². The lowest BCUT2D eigenvalue weighted by atomic mass is 10.1. The molecule has 18 heavy (non-hydrogen) atoms. The third kappa shape index (κ3) is 3.08. The molecule has 0 amide bonds. The molecule has 6 nitrogen and oxygen atoms in total. The highest BCUT2D eigenvalue weighted by Crippen LogP contribution is 2.26. The molecule has 1 unspecified atom stereocenters. The maximum atomic E-state index is 10.9. The van der Waals surface area contributed by atoms with E-state index < -0.39 is 4.92 Å². The van der Waals surface area contributed by atoms with Gasteiger partial charge in [0.2, 0.25) is 5.82 Å². The van der Waals surface area contributed by atoms with Crippen molar-refractivity contribution in [2.45, 2.75) is 18.9 Å². The van der Waals surface area contributed by atoms with Gasteiger partial charge in [-0.25, -0.2) is 4.98 Å². The fraction of sp³-hybridized carbons (Fsp3) is 0.545. The van der Waals surface area contributed by atoms with Crippen LogP contribution in [-0.2, 0) is 0 Å². The number of nitro groups is 1. The van der Waals surface area contributed by atoms with Crippen LogP contribution in [0.5, 0.6) is 0 Å². The smallest absolute Gasteiger partial charge is 0.312 e. The summed E-state index contributed by atoms with van der Waals surface area (Å²) in [7, 11) is 2.04. The van der Waals surface area contributed by atoms with E-state index in [0.717, 1.165) is 25.9 Å². The van der Waals surface area contributed by atoms with Gasteiger partial charge in [-0.1, -0.05) is 11.6 Å². The number of piperidine rings is 1. The molecule has 0 saturated carbocycles. The second-order valence-corrected chi connectivity index (χ2v) is 4.96. The second-order valence-electron chi connectivity index (χ2n) is 4.52. The highest BCUT2D eigenvalue weighted by atomic mass is 35.5. The minimum absolute atomic E-state index is 0.0734. The second kappa shape index (κ2) is 5.49. The Morgan fingerprint density at radius 2 is 2.44 bits per heavy atom. The number of anilines is 1. The first-order chi connectivity index (χ1) is 8.56. The lowest BCUT2D eigenvalue weighted by molar-refractivity contribution is -0.384. The number of likely N-dealkylation sites (N-methyl/N-ethyl adjacent to an activating group) is 1. The highest BCUT2D eigenvalue weighted by molar-refractivity contribution is 6.30. The van der Waals surface area contributed by atoms with E-state index >= 15 is 0 Å². The summed E-state index contributed by atoms with van der Waals surface area (Å²) in [6.45, 7) is 1.93. The van der Waals surface area contributed by atoms with E-state index in [0.29, 0.717) is 5.82 Å². The Kier molecular flexibility index (Phi) is 3.98. The SMILES string of the molecule is CN1CCCC(Nc2ncc(Cl)cc2[N+](=O)[O-])C1. The van der Waals surface area contributed by atoms with Crippen LogP contribution < -0.4 is 5.32 Å². The molecule has 0 spiro atoms. The molecule has 1 aromatic rings. The molecular weight excluding hydrogens is 256 g/mol. The topological polar surface area (TPSA) is 71.3 Å². The van der Waals surface area contributed by atoms with Crippen molar-refractivity contribution >= 4 is 23.1 Å². The zero-order chi connectivity index (χ0) is 13.1. The lowest BCUT2D eigenvalue weighted by Gasteiger charge is -2.30. The predicted molar refractivity (Wildman–Crippen MR) is 70.0 cm³/mol. The summed E-state index contributed by atoms with van der Waals surface area (Å²) in [6, 6.07) is 1.51. The van der Waals surface area contributed by atoms with Crippen LogP contribution in [0.4, 0.5) is 11.5 Å². The summed E-state index contributed by atoms with van der Waals surface area (Å²) in [4.78, 5) is 16.7. The lowest BCUT2D eigenvalue weighted by Crippen LogP contribution is -2.40. The first-order valence-corrected chi connectivity index (χ1v) is 6.19. The molecular formula is C11H15ClN4O2. The molecule has 1 N–H and O–H groups in total. The van der Waals surface area contributed by atoms with Crippen LogP contribution in [-0.4, -0.2) is 41.0 Å². The van der Waals surface area contributed by atoms with Crippen molar-refractivity contribution in [2.75, 3.05) is 25.5 Å². The Hall–Kier alpha value is -1.40. The Bertz CT molecular complexity index is 455. The summed E-state index contributed by atoms with van der Waals surface area (Å²) in [6.07, 6.45) is 3.49. The molecule has 1 fully saturated rings. The number of hydrogen-bond acceptors (Lipinski definition) is 5. The van der Waals surface area contributed by atoms with Crippen molar-refractivity contribution in [2.24, 2.45) is 0 Å². The summed E-state index contributed by atoms with van der Waals surface area (Å²) in [5.41, 5.74) is -0.0734. The summed E-state index contributed by atoms with van der Waals surface area (Å²) in [5, 5.41) is 14.3. The van der Waals surface area contributed by atoms with Crippen molar-refractivity contribution in [3.05, 3.63) is 27.4 Å². The van der Waals surface area contributed by atoms with Gasteiger partial charge in [-0.2, -0.15) is 0 Å². The number of pyridine rings is 1. The standard InChI is InChI=1S/C11H15ClN4O2/c1-15-4-2-3-9(7-15)14-11-10(16(17)18)5-8(12)6-13-11/h5-6,9H,2-4,7H2,1H3,(H,13,14). The summed E-state index contributed by atoms with van der Waals surface area (Å²) in [5.74, 6) is 0.296. The molecule has 0 bridgehead atoms. The number of aromatic nitrogens is 1. The van der Waals surface area contributed by atoms with E-state index in [-0.39, 0.29) is 16.8 Å². The van der Waals surface area contributed by atoms with Gasteiger partial charge in [0.1, 0.15) is 0 Å². The van der Waals surface area contributed by atoms with E-state index in [1.54, 1.807) is 0 Å².